The van der Waals surface area contributed by atoms with Crippen LogP contribution in [0.2, 0.25) is 0 Å². The first-order valence-corrected chi connectivity index (χ1v) is 6.64. The van der Waals surface area contributed by atoms with Crippen LogP contribution in [-0.2, 0) is 0 Å². The number of nitrogens with zero attached hydrogens (tertiary/aromatic N) is 2. The van der Waals surface area contributed by atoms with Crippen LogP contribution in [0.25, 0.3) is 21.5 Å². The van der Waals surface area contributed by atoms with Crippen molar-refractivity contribution in [1.29, 1.82) is 0 Å². The van der Waals surface area contributed by atoms with Gasteiger partial charge < -0.3 is 4.98 Å². The number of aromatic amines is 1. The van der Waals surface area contributed by atoms with Gasteiger partial charge in [0, 0.05) is 27.1 Å². The lowest BCUT2D eigenvalue weighted by atomic mass is 10.2. The van der Waals surface area contributed by atoms with Crippen molar-refractivity contribution in [3.05, 3.63) is 33.9 Å². The SMILES string of the molecule is FC(F)c1nnc(-c2c[nH]c3ccc(Br)cc23)s1. The van der Waals surface area contributed by atoms with E-state index < -0.39 is 6.43 Å². The van der Waals surface area contributed by atoms with Crippen molar-refractivity contribution in [2.75, 3.05) is 0 Å². The van der Waals surface area contributed by atoms with Crippen molar-refractivity contribution in [2.45, 2.75) is 6.43 Å². The van der Waals surface area contributed by atoms with Gasteiger partial charge >= 0.3 is 0 Å². The standard InChI is InChI=1S/C11H6BrF2N3S/c12-5-1-2-8-6(3-5)7(4-15-8)10-16-17-11(18-10)9(13)14/h1-4,9,15H. The summed E-state index contributed by atoms with van der Waals surface area (Å²) in [6.45, 7) is 0. The van der Waals surface area contributed by atoms with E-state index in [9.17, 15) is 8.78 Å². The fourth-order valence-corrected chi connectivity index (χ4v) is 2.79. The Morgan fingerprint density at radius 3 is 2.83 bits per heavy atom. The number of benzene rings is 1. The molecule has 0 aliphatic heterocycles. The third-order valence-electron chi connectivity index (χ3n) is 2.50. The Hall–Kier alpha value is -1.34. The molecule has 3 aromatic rings. The van der Waals surface area contributed by atoms with Crippen molar-refractivity contribution >= 4 is 38.2 Å². The van der Waals surface area contributed by atoms with Gasteiger partial charge in [-0.05, 0) is 18.2 Å². The summed E-state index contributed by atoms with van der Waals surface area (Å²) < 4.78 is 25.9. The molecule has 0 spiro atoms. The van der Waals surface area contributed by atoms with Crippen molar-refractivity contribution in [2.24, 2.45) is 0 Å². The second-order valence-corrected chi connectivity index (χ2v) is 5.56. The summed E-state index contributed by atoms with van der Waals surface area (Å²) >= 11 is 4.30. The van der Waals surface area contributed by atoms with Gasteiger partial charge in [-0.15, -0.1) is 10.2 Å². The molecular formula is C11H6BrF2N3S. The average molecular weight is 330 g/mol. The Kier molecular flexibility index (Phi) is 2.87. The summed E-state index contributed by atoms with van der Waals surface area (Å²) in [6, 6.07) is 5.75. The zero-order valence-corrected chi connectivity index (χ0v) is 11.2. The fourth-order valence-electron chi connectivity index (χ4n) is 1.70. The molecule has 0 aliphatic carbocycles. The number of hydrogen-bond donors (Lipinski definition) is 1. The Bertz CT molecular complexity index is 707. The van der Waals surface area contributed by atoms with E-state index in [1.807, 2.05) is 18.2 Å². The molecule has 2 heterocycles. The molecule has 1 aromatic carbocycles. The maximum absolute atomic E-state index is 12.5. The van der Waals surface area contributed by atoms with Crippen LogP contribution in [0, 0.1) is 0 Å². The summed E-state index contributed by atoms with van der Waals surface area (Å²) in [7, 11) is 0. The van der Waals surface area contributed by atoms with Gasteiger partial charge in [-0.25, -0.2) is 8.78 Å². The maximum Gasteiger partial charge on any atom is 0.291 e. The molecule has 0 amide bonds. The highest BCUT2D eigenvalue weighted by molar-refractivity contribution is 9.10. The minimum absolute atomic E-state index is 0.255. The predicted molar refractivity (Wildman–Crippen MR) is 69.9 cm³/mol. The first-order valence-electron chi connectivity index (χ1n) is 5.03. The third kappa shape index (κ3) is 1.93. The lowest BCUT2D eigenvalue weighted by molar-refractivity contribution is 0.150. The van der Waals surface area contributed by atoms with Crippen LogP contribution in [0.1, 0.15) is 11.4 Å². The van der Waals surface area contributed by atoms with Gasteiger partial charge in [0.25, 0.3) is 6.43 Å². The number of halogens is 3. The van der Waals surface area contributed by atoms with Crippen molar-refractivity contribution in [3.63, 3.8) is 0 Å². The molecule has 18 heavy (non-hydrogen) atoms. The Balaban J connectivity index is 2.15. The molecule has 0 saturated carbocycles. The second-order valence-electron chi connectivity index (χ2n) is 3.64. The van der Waals surface area contributed by atoms with Crippen LogP contribution in [0.3, 0.4) is 0 Å². The highest BCUT2D eigenvalue weighted by Crippen LogP contribution is 2.34. The largest absolute Gasteiger partial charge is 0.360 e. The van der Waals surface area contributed by atoms with Crippen LogP contribution >= 0.6 is 27.3 Å². The highest BCUT2D eigenvalue weighted by Gasteiger charge is 2.17. The third-order valence-corrected chi connectivity index (χ3v) is 3.96. The molecular weight excluding hydrogens is 324 g/mol. The molecule has 0 bridgehead atoms. The van der Waals surface area contributed by atoms with Gasteiger partial charge in [0.2, 0.25) is 0 Å². The van der Waals surface area contributed by atoms with E-state index in [2.05, 4.69) is 31.1 Å². The van der Waals surface area contributed by atoms with Crippen LogP contribution in [0.5, 0.6) is 0 Å². The summed E-state index contributed by atoms with van der Waals surface area (Å²) in [5.41, 5.74) is 1.72. The topological polar surface area (TPSA) is 41.6 Å². The number of rotatable bonds is 2. The van der Waals surface area contributed by atoms with Crippen molar-refractivity contribution in [3.8, 4) is 10.6 Å². The normalized spacial score (nSPS) is 11.6. The minimum atomic E-state index is -2.58. The van der Waals surface area contributed by atoms with E-state index in [-0.39, 0.29) is 5.01 Å². The average Bonchev–Trinajstić information content (AvgIpc) is 2.93. The highest BCUT2D eigenvalue weighted by atomic mass is 79.9. The van der Waals surface area contributed by atoms with Crippen molar-refractivity contribution < 1.29 is 8.78 Å². The minimum Gasteiger partial charge on any atom is -0.360 e. The van der Waals surface area contributed by atoms with Crippen LogP contribution < -0.4 is 0 Å². The van der Waals surface area contributed by atoms with Gasteiger partial charge in [-0.3, -0.25) is 0 Å². The molecule has 0 aliphatic rings. The number of aromatic nitrogens is 3. The lowest BCUT2D eigenvalue weighted by Crippen LogP contribution is -1.80. The molecule has 0 fully saturated rings. The van der Waals surface area contributed by atoms with E-state index in [0.29, 0.717) is 5.01 Å². The zero-order valence-electron chi connectivity index (χ0n) is 8.82. The molecule has 0 atom stereocenters. The predicted octanol–water partition coefficient (Wildman–Crippen LogP) is 4.39. The number of nitrogens with one attached hydrogen (secondary N) is 1. The van der Waals surface area contributed by atoms with Crippen LogP contribution in [0.15, 0.2) is 28.9 Å². The van der Waals surface area contributed by atoms with E-state index in [1.54, 1.807) is 6.20 Å². The van der Waals surface area contributed by atoms with E-state index >= 15 is 0 Å². The monoisotopic (exact) mass is 329 g/mol. The zero-order chi connectivity index (χ0) is 12.7. The van der Waals surface area contributed by atoms with E-state index in [1.165, 1.54) is 0 Å². The smallest absolute Gasteiger partial charge is 0.291 e. The Morgan fingerprint density at radius 2 is 2.11 bits per heavy atom. The van der Waals surface area contributed by atoms with E-state index in [4.69, 9.17) is 0 Å². The van der Waals surface area contributed by atoms with Crippen LogP contribution in [0.4, 0.5) is 8.78 Å². The molecule has 92 valence electrons. The number of alkyl halides is 2. The Morgan fingerprint density at radius 1 is 1.28 bits per heavy atom. The fraction of sp³-hybridized carbons (Fsp3) is 0.0909. The number of H-pyrrole nitrogens is 1. The molecule has 0 saturated heterocycles. The maximum atomic E-state index is 12.5. The molecule has 2 aromatic heterocycles. The second kappa shape index (κ2) is 4.40. The van der Waals surface area contributed by atoms with Gasteiger partial charge in [0.1, 0.15) is 5.01 Å². The van der Waals surface area contributed by atoms with Gasteiger partial charge in [-0.2, -0.15) is 0 Å². The molecule has 1 N–H and O–H groups in total. The van der Waals surface area contributed by atoms with Crippen molar-refractivity contribution in [1.82, 2.24) is 15.2 Å². The molecule has 0 radical (unpaired) electrons. The van der Waals surface area contributed by atoms with E-state index in [0.717, 1.165) is 32.3 Å². The first-order chi connectivity index (χ1) is 8.65. The molecule has 0 unspecified atom stereocenters. The summed E-state index contributed by atoms with van der Waals surface area (Å²) in [5, 5.41) is 8.48. The summed E-state index contributed by atoms with van der Waals surface area (Å²) in [4.78, 5) is 3.08. The lowest BCUT2D eigenvalue weighted by Gasteiger charge is -1.94. The van der Waals surface area contributed by atoms with Gasteiger partial charge in [0.05, 0.1) is 0 Å². The van der Waals surface area contributed by atoms with Gasteiger partial charge in [0.15, 0.2) is 5.01 Å². The number of fused-ring (bicyclic) bond motifs is 1. The summed E-state index contributed by atoms with van der Waals surface area (Å²) in [5.74, 6) is 0. The number of hydrogen-bond acceptors (Lipinski definition) is 3. The molecule has 7 heteroatoms. The molecule has 3 rings (SSSR count). The molecule has 3 nitrogen and oxygen atoms in total. The van der Waals surface area contributed by atoms with Gasteiger partial charge in [-0.1, -0.05) is 27.3 Å². The quantitative estimate of drug-likeness (QED) is 0.757. The Labute approximate surface area is 113 Å². The first kappa shape index (κ1) is 11.7. The summed E-state index contributed by atoms with van der Waals surface area (Å²) in [6.07, 6.45) is -0.819. The van der Waals surface area contributed by atoms with Crippen LogP contribution in [-0.4, -0.2) is 15.2 Å².